The van der Waals surface area contributed by atoms with Gasteiger partial charge in [0.15, 0.2) is 0 Å². The molecule has 4 nitrogen and oxygen atoms in total. The quantitative estimate of drug-likeness (QED) is 0.801. The molecule has 1 fully saturated rings. The Bertz CT molecular complexity index is 689. The summed E-state index contributed by atoms with van der Waals surface area (Å²) in [5.74, 6) is -0.0438. The van der Waals surface area contributed by atoms with Crippen molar-refractivity contribution in [1.29, 1.82) is 0 Å². The predicted molar refractivity (Wildman–Crippen MR) is 82.7 cm³/mol. The number of ether oxygens (including phenoxy) is 1. The van der Waals surface area contributed by atoms with E-state index in [2.05, 4.69) is 4.98 Å². The fourth-order valence-electron chi connectivity index (χ4n) is 2.90. The number of halogens is 1. The molecule has 3 rings (SSSR count). The van der Waals surface area contributed by atoms with Crippen molar-refractivity contribution in [1.82, 2.24) is 9.88 Å². The smallest absolute Gasteiger partial charge is 0.256 e. The van der Waals surface area contributed by atoms with Crippen LogP contribution < -0.4 is 0 Å². The minimum Gasteiger partial charge on any atom is -0.376 e. The average Bonchev–Trinajstić information content (AvgIpc) is 2.93. The van der Waals surface area contributed by atoms with E-state index in [1.54, 1.807) is 11.1 Å². The standard InChI is InChI=1S/C16H17ClN2O2/c1-10-14(7-8-21-10)19(2)16(20)13-9-18-15(17)12-6-4-3-5-11(12)13/h3-6,9-10,14H,7-8H2,1-2H3. The lowest BCUT2D eigenvalue weighted by atomic mass is 10.0. The number of benzene rings is 1. The van der Waals surface area contributed by atoms with Gasteiger partial charge in [-0.3, -0.25) is 4.79 Å². The van der Waals surface area contributed by atoms with Gasteiger partial charge in [-0.1, -0.05) is 35.9 Å². The van der Waals surface area contributed by atoms with Gasteiger partial charge in [0.2, 0.25) is 0 Å². The first-order valence-electron chi connectivity index (χ1n) is 7.01. The molecular formula is C16H17ClN2O2. The zero-order valence-corrected chi connectivity index (χ0v) is 12.8. The topological polar surface area (TPSA) is 42.4 Å². The summed E-state index contributed by atoms with van der Waals surface area (Å²) in [5.41, 5.74) is 0.580. The van der Waals surface area contributed by atoms with Crippen molar-refractivity contribution in [2.24, 2.45) is 0 Å². The minimum absolute atomic E-state index is 0.0438. The molecule has 2 atom stereocenters. The minimum atomic E-state index is -0.0438. The SMILES string of the molecule is CC1OCCC1N(C)C(=O)c1cnc(Cl)c2ccccc12. The molecule has 1 aromatic heterocycles. The first kappa shape index (κ1) is 14.3. The van der Waals surface area contributed by atoms with E-state index >= 15 is 0 Å². The van der Waals surface area contributed by atoms with Crippen molar-refractivity contribution in [3.8, 4) is 0 Å². The van der Waals surface area contributed by atoms with Gasteiger partial charge in [0.05, 0.1) is 17.7 Å². The van der Waals surface area contributed by atoms with Crippen molar-refractivity contribution in [3.63, 3.8) is 0 Å². The van der Waals surface area contributed by atoms with Crippen LogP contribution in [0.25, 0.3) is 10.8 Å². The number of fused-ring (bicyclic) bond motifs is 1. The van der Waals surface area contributed by atoms with Crippen LogP contribution in [0.2, 0.25) is 5.15 Å². The molecule has 2 aromatic rings. The van der Waals surface area contributed by atoms with Gasteiger partial charge < -0.3 is 9.64 Å². The number of aromatic nitrogens is 1. The Morgan fingerprint density at radius 1 is 1.38 bits per heavy atom. The molecule has 1 saturated heterocycles. The Hall–Kier alpha value is -1.65. The number of rotatable bonds is 2. The maximum Gasteiger partial charge on any atom is 0.256 e. The molecule has 2 heterocycles. The molecule has 0 spiro atoms. The van der Waals surface area contributed by atoms with Crippen molar-refractivity contribution in [3.05, 3.63) is 41.2 Å². The van der Waals surface area contributed by atoms with Crippen LogP contribution in [0.15, 0.2) is 30.5 Å². The first-order chi connectivity index (χ1) is 10.1. The van der Waals surface area contributed by atoms with Crippen LogP contribution in [0.4, 0.5) is 0 Å². The molecule has 21 heavy (non-hydrogen) atoms. The molecule has 2 unspecified atom stereocenters. The molecule has 110 valence electrons. The van der Waals surface area contributed by atoms with Gasteiger partial charge in [-0.05, 0) is 18.7 Å². The Labute approximate surface area is 128 Å². The number of amides is 1. The van der Waals surface area contributed by atoms with Crippen LogP contribution in [-0.4, -0.2) is 41.6 Å². The molecular weight excluding hydrogens is 288 g/mol. The lowest BCUT2D eigenvalue weighted by molar-refractivity contribution is 0.0576. The molecule has 0 aliphatic carbocycles. The Kier molecular flexibility index (Phi) is 3.83. The van der Waals surface area contributed by atoms with Crippen molar-refractivity contribution < 1.29 is 9.53 Å². The normalized spacial score (nSPS) is 21.7. The Morgan fingerprint density at radius 2 is 2.10 bits per heavy atom. The molecule has 1 aliphatic heterocycles. The van der Waals surface area contributed by atoms with Crippen molar-refractivity contribution >= 4 is 28.3 Å². The zero-order valence-electron chi connectivity index (χ0n) is 12.0. The second kappa shape index (κ2) is 5.62. The molecule has 0 radical (unpaired) electrons. The lowest BCUT2D eigenvalue weighted by Crippen LogP contribution is -2.41. The number of pyridine rings is 1. The van der Waals surface area contributed by atoms with Gasteiger partial charge in [-0.15, -0.1) is 0 Å². The van der Waals surface area contributed by atoms with Crippen molar-refractivity contribution in [2.75, 3.05) is 13.7 Å². The van der Waals surface area contributed by atoms with Gasteiger partial charge in [0.25, 0.3) is 5.91 Å². The van der Waals surface area contributed by atoms with Crippen LogP contribution in [0, 0.1) is 0 Å². The second-order valence-electron chi connectivity index (χ2n) is 5.36. The highest BCUT2D eigenvalue weighted by atomic mass is 35.5. The first-order valence-corrected chi connectivity index (χ1v) is 7.39. The highest BCUT2D eigenvalue weighted by Gasteiger charge is 2.31. The van der Waals surface area contributed by atoms with Crippen molar-refractivity contribution in [2.45, 2.75) is 25.5 Å². The van der Waals surface area contributed by atoms with Crippen LogP contribution in [0.3, 0.4) is 0 Å². The average molecular weight is 305 g/mol. The van der Waals surface area contributed by atoms with E-state index in [0.717, 1.165) is 17.2 Å². The van der Waals surface area contributed by atoms with Gasteiger partial charge in [-0.25, -0.2) is 4.98 Å². The molecule has 1 amide bonds. The summed E-state index contributed by atoms with van der Waals surface area (Å²) in [4.78, 5) is 18.7. The molecule has 0 N–H and O–H groups in total. The van der Waals surface area contributed by atoms with E-state index in [-0.39, 0.29) is 18.1 Å². The maximum atomic E-state index is 12.8. The summed E-state index contributed by atoms with van der Waals surface area (Å²) in [6.07, 6.45) is 2.48. The molecule has 0 bridgehead atoms. The van der Waals surface area contributed by atoms with E-state index in [0.29, 0.717) is 17.3 Å². The second-order valence-corrected chi connectivity index (χ2v) is 5.71. The third-order valence-electron chi connectivity index (χ3n) is 4.13. The predicted octanol–water partition coefficient (Wildman–Crippen LogP) is 3.14. The van der Waals surface area contributed by atoms with Gasteiger partial charge in [-0.2, -0.15) is 0 Å². The van der Waals surface area contributed by atoms with Gasteiger partial charge in [0.1, 0.15) is 5.15 Å². The molecule has 5 heteroatoms. The van der Waals surface area contributed by atoms with Crippen LogP contribution >= 0.6 is 11.6 Å². The van der Waals surface area contributed by atoms with Crippen LogP contribution in [0.5, 0.6) is 0 Å². The lowest BCUT2D eigenvalue weighted by Gasteiger charge is -2.27. The molecule has 0 saturated carbocycles. The Balaban J connectivity index is 2.00. The van der Waals surface area contributed by atoms with E-state index in [9.17, 15) is 4.79 Å². The third kappa shape index (κ3) is 2.49. The van der Waals surface area contributed by atoms with E-state index < -0.39 is 0 Å². The van der Waals surface area contributed by atoms with E-state index in [1.165, 1.54) is 0 Å². The number of carbonyl (C=O) groups is 1. The number of likely N-dealkylation sites (N-methyl/N-ethyl adjacent to an activating group) is 1. The van der Waals surface area contributed by atoms with E-state index in [1.807, 2.05) is 38.2 Å². The maximum absolute atomic E-state index is 12.8. The largest absolute Gasteiger partial charge is 0.376 e. The van der Waals surface area contributed by atoms with Crippen LogP contribution in [0.1, 0.15) is 23.7 Å². The van der Waals surface area contributed by atoms with Gasteiger partial charge in [0, 0.05) is 25.2 Å². The number of nitrogens with zero attached hydrogens (tertiary/aromatic N) is 2. The summed E-state index contributed by atoms with van der Waals surface area (Å²) >= 11 is 6.11. The highest BCUT2D eigenvalue weighted by Crippen LogP contribution is 2.27. The number of hydrogen-bond donors (Lipinski definition) is 0. The summed E-state index contributed by atoms with van der Waals surface area (Å²) < 4.78 is 5.55. The van der Waals surface area contributed by atoms with E-state index in [4.69, 9.17) is 16.3 Å². The summed E-state index contributed by atoms with van der Waals surface area (Å²) in [7, 11) is 1.82. The molecule has 1 aliphatic rings. The fraction of sp³-hybridized carbons (Fsp3) is 0.375. The zero-order chi connectivity index (χ0) is 15.0. The highest BCUT2D eigenvalue weighted by molar-refractivity contribution is 6.34. The summed E-state index contributed by atoms with van der Waals surface area (Å²) in [5, 5.41) is 2.05. The number of carbonyl (C=O) groups excluding carboxylic acids is 1. The Morgan fingerprint density at radius 3 is 2.76 bits per heavy atom. The molecule has 1 aromatic carbocycles. The number of hydrogen-bond acceptors (Lipinski definition) is 3. The fourth-order valence-corrected chi connectivity index (χ4v) is 3.11. The summed E-state index contributed by atoms with van der Waals surface area (Å²) in [6, 6.07) is 7.67. The summed E-state index contributed by atoms with van der Waals surface area (Å²) in [6.45, 7) is 2.70. The van der Waals surface area contributed by atoms with Gasteiger partial charge >= 0.3 is 0 Å². The third-order valence-corrected chi connectivity index (χ3v) is 4.43. The van der Waals surface area contributed by atoms with Crippen LogP contribution in [-0.2, 0) is 4.74 Å². The monoisotopic (exact) mass is 304 g/mol.